The third-order valence-electron chi connectivity index (χ3n) is 4.40. The molecule has 0 bridgehead atoms. The van der Waals surface area contributed by atoms with Crippen LogP contribution in [-0.2, 0) is 12.8 Å². The number of para-hydroxylation sites is 1. The fourth-order valence-electron chi connectivity index (χ4n) is 3.36. The number of hydrogen-bond donors (Lipinski definition) is 0. The normalized spacial score (nSPS) is 12.1. The smallest absolute Gasteiger partial charge is 0.267 e. The molecule has 4 heteroatoms. The Hall–Kier alpha value is -1.82. The molecular formula is C19H19IN2O. The van der Waals surface area contributed by atoms with Crippen LogP contribution in [0.3, 0.4) is 0 Å². The van der Waals surface area contributed by atoms with Gasteiger partial charge in [0, 0.05) is 6.92 Å². The molecular weight excluding hydrogens is 399 g/mol. The lowest BCUT2D eigenvalue weighted by Crippen LogP contribution is -3.00. The third-order valence-corrected chi connectivity index (χ3v) is 4.40. The Kier molecular flexibility index (Phi) is 4.43. The quantitative estimate of drug-likeness (QED) is 0.429. The molecule has 23 heavy (non-hydrogen) atoms. The van der Waals surface area contributed by atoms with E-state index in [1.54, 1.807) is 7.11 Å². The number of benzene rings is 2. The first-order valence-electron chi connectivity index (χ1n) is 7.63. The summed E-state index contributed by atoms with van der Waals surface area (Å²) in [6.07, 6.45) is 4.38. The predicted molar refractivity (Wildman–Crippen MR) is 86.0 cm³/mol. The molecule has 2 heterocycles. The molecule has 0 atom stereocenters. The number of methoxy groups -OCH3 is 1. The molecule has 0 spiro atoms. The molecule has 1 aliphatic heterocycles. The second kappa shape index (κ2) is 6.35. The summed E-state index contributed by atoms with van der Waals surface area (Å²) in [6.45, 7) is 2.16. The molecule has 0 fully saturated rings. The van der Waals surface area contributed by atoms with Gasteiger partial charge in [-0.2, -0.15) is 9.13 Å². The van der Waals surface area contributed by atoms with Crippen molar-refractivity contribution in [3.8, 4) is 17.1 Å². The van der Waals surface area contributed by atoms with E-state index in [0.717, 1.165) is 18.6 Å². The summed E-state index contributed by atoms with van der Waals surface area (Å²) in [4.78, 5) is 0. The molecule has 0 radical (unpaired) electrons. The van der Waals surface area contributed by atoms with E-state index in [1.807, 2.05) is 12.1 Å². The fourth-order valence-corrected chi connectivity index (χ4v) is 3.36. The maximum absolute atomic E-state index is 5.26. The summed E-state index contributed by atoms with van der Waals surface area (Å²) >= 11 is 0. The predicted octanol–water partition coefficient (Wildman–Crippen LogP) is 0.174. The molecule has 0 N–H and O–H groups in total. The van der Waals surface area contributed by atoms with Crippen LogP contribution in [-0.4, -0.2) is 11.7 Å². The van der Waals surface area contributed by atoms with E-state index in [-0.39, 0.29) is 24.0 Å². The van der Waals surface area contributed by atoms with E-state index >= 15 is 0 Å². The van der Waals surface area contributed by atoms with Crippen molar-refractivity contribution in [3.63, 3.8) is 0 Å². The zero-order chi connectivity index (χ0) is 15.1. The Labute approximate surface area is 153 Å². The van der Waals surface area contributed by atoms with Crippen LogP contribution in [0.5, 0.6) is 5.75 Å². The van der Waals surface area contributed by atoms with Crippen molar-refractivity contribution in [3.05, 3.63) is 71.8 Å². The minimum atomic E-state index is 0. The number of fused-ring (bicyclic) bond motifs is 3. The molecule has 1 aromatic heterocycles. The molecule has 0 saturated carbocycles. The van der Waals surface area contributed by atoms with Crippen molar-refractivity contribution in [1.29, 1.82) is 0 Å². The average molecular weight is 418 g/mol. The lowest BCUT2D eigenvalue weighted by Gasteiger charge is -2.13. The Morgan fingerprint density at radius 3 is 2.48 bits per heavy atom. The van der Waals surface area contributed by atoms with Crippen molar-refractivity contribution in [1.82, 2.24) is 4.57 Å². The second-order valence-corrected chi connectivity index (χ2v) is 5.72. The minimum absolute atomic E-state index is 0. The van der Waals surface area contributed by atoms with Gasteiger partial charge < -0.3 is 28.7 Å². The monoisotopic (exact) mass is 418 g/mol. The van der Waals surface area contributed by atoms with Gasteiger partial charge >= 0.3 is 0 Å². The first kappa shape index (κ1) is 16.1. The van der Waals surface area contributed by atoms with Crippen LogP contribution in [0.15, 0.2) is 54.7 Å². The Bertz CT molecular complexity index is 837. The number of hydrogen-bond acceptors (Lipinski definition) is 1. The highest BCUT2D eigenvalue weighted by Gasteiger charge is 2.28. The van der Waals surface area contributed by atoms with E-state index in [4.69, 9.17) is 4.74 Å². The molecule has 4 rings (SSSR count). The van der Waals surface area contributed by atoms with E-state index in [2.05, 4.69) is 58.7 Å². The van der Waals surface area contributed by atoms with Crippen LogP contribution in [0.4, 0.5) is 0 Å². The summed E-state index contributed by atoms with van der Waals surface area (Å²) in [7, 11) is 1.70. The number of nitrogens with zero attached hydrogens (tertiary/aromatic N) is 2. The SMILES string of the molecule is COc1ccc(-n2c(C)c[n+]3c2CCc2ccccc2-3)cc1.[I-]. The number of halogens is 1. The van der Waals surface area contributed by atoms with Gasteiger partial charge in [0.05, 0.1) is 13.5 Å². The van der Waals surface area contributed by atoms with Gasteiger partial charge in [-0.1, -0.05) is 18.2 Å². The van der Waals surface area contributed by atoms with Gasteiger partial charge in [-0.25, -0.2) is 0 Å². The molecule has 0 saturated heterocycles. The highest BCUT2D eigenvalue weighted by atomic mass is 127. The Morgan fingerprint density at radius 2 is 1.74 bits per heavy atom. The Morgan fingerprint density at radius 1 is 1.00 bits per heavy atom. The average Bonchev–Trinajstić information content (AvgIpc) is 2.91. The maximum atomic E-state index is 5.26. The summed E-state index contributed by atoms with van der Waals surface area (Å²) in [6, 6.07) is 16.9. The first-order valence-corrected chi connectivity index (χ1v) is 7.63. The minimum Gasteiger partial charge on any atom is -1.00 e. The largest absolute Gasteiger partial charge is 1.00 e. The number of rotatable bonds is 2. The van der Waals surface area contributed by atoms with E-state index < -0.39 is 0 Å². The standard InChI is InChI=1S/C19H19N2O.HI/c1-14-13-20-18-6-4-3-5-15(18)7-12-19(20)21(14)16-8-10-17(22-2)11-9-16;/h3-6,8-11,13H,7,12H2,1-2H3;1H/q+1;/p-1. The van der Waals surface area contributed by atoms with Crippen LogP contribution < -0.4 is 33.3 Å². The van der Waals surface area contributed by atoms with Crippen LogP contribution in [0.25, 0.3) is 11.4 Å². The summed E-state index contributed by atoms with van der Waals surface area (Å²) in [5, 5.41) is 0. The number of ether oxygens (including phenoxy) is 1. The summed E-state index contributed by atoms with van der Waals surface area (Å²) < 4.78 is 9.94. The number of imidazole rings is 1. The highest BCUT2D eigenvalue weighted by molar-refractivity contribution is 5.41. The maximum Gasteiger partial charge on any atom is 0.267 e. The fraction of sp³-hybridized carbons (Fsp3) is 0.211. The lowest BCUT2D eigenvalue weighted by atomic mass is 10.0. The molecule has 2 aromatic carbocycles. The summed E-state index contributed by atoms with van der Waals surface area (Å²) in [5.74, 6) is 2.22. The van der Waals surface area contributed by atoms with Crippen LogP contribution in [0.1, 0.15) is 17.1 Å². The van der Waals surface area contributed by atoms with E-state index in [0.29, 0.717) is 0 Å². The van der Waals surface area contributed by atoms with Crippen LogP contribution in [0, 0.1) is 6.92 Å². The molecule has 3 aromatic rings. The van der Waals surface area contributed by atoms with Crippen molar-refractivity contribution in [2.75, 3.05) is 7.11 Å². The van der Waals surface area contributed by atoms with Crippen LogP contribution >= 0.6 is 0 Å². The van der Waals surface area contributed by atoms with Gasteiger partial charge in [0.25, 0.3) is 5.82 Å². The topological polar surface area (TPSA) is 18.0 Å². The van der Waals surface area contributed by atoms with Gasteiger partial charge in [0.15, 0.2) is 0 Å². The molecule has 0 unspecified atom stereocenters. The van der Waals surface area contributed by atoms with Crippen molar-refractivity contribution >= 4 is 0 Å². The zero-order valence-corrected chi connectivity index (χ0v) is 15.4. The van der Waals surface area contributed by atoms with Gasteiger partial charge in [-0.05, 0) is 42.3 Å². The second-order valence-electron chi connectivity index (χ2n) is 5.72. The zero-order valence-electron chi connectivity index (χ0n) is 13.3. The molecule has 0 aliphatic carbocycles. The van der Waals surface area contributed by atoms with Crippen molar-refractivity contribution in [2.45, 2.75) is 19.8 Å². The van der Waals surface area contributed by atoms with E-state index in [9.17, 15) is 0 Å². The van der Waals surface area contributed by atoms with Gasteiger partial charge in [-0.3, -0.25) is 0 Å². The van der Waals surface area contributed by atoms with E-state index in [1.165, 1.54) is 28.5 Å². The molecule has 118 valence electrons. The van der Waals surface area contributed by atoms with Gasteiger partial charge in [0.2, 0.25) is 0 Å². The molecule has 0 amide bonds. The van der Waals surface area contributed by atoms with Crippen molar-refractivity contribution in [2.24, 2.45) is 0 Å². The molecule has 1 aliphatic rings. The van der Waals surface area contributed by atoms with Crippen molar-refractivity contribution < 1.29 is 33.3 Å². The van der Waals surface area contributed by atoms with Crippen LogP contribution in [0.2, 0.25) is 0 Å². The third kappa shape index (κ3) is 2.65. The Balaban J connectivity index is 0.00000156. The lowest BCUT2D eigenvalue weighted by molar-refractivity contribution is -0.606. The first-order chi connectivity index (χ1) is 10.8. The molecule has 3 nitrogen and oxygen atoms in total. The number of aryl methyl sites for hydroxylation is 2. The van der Waals surface area contributed by atoms with Gasteiger partial charge in [0.1, 0.15) is 29.0 Å². The number of aromatic nitrogens is 2. The van der Waals surface area contributed by atoms with Gasteiger partial charge in [-0.15, -0.1) is 0 Å². The summed E-state index contributed by atoms with van der Waals surface area (Å²) in [5.41, 5.74) is 5.16. The highest BCUT2D eigenvalue weighted by Crippen LogP contribution is 2.23.